The Morgan fingerprint density at radius 2 is 2.07 bits per heavy atom. The van der Waals surface area contributed by atoms with Crippen LogP contribution in [0.1, 0.15) is 19.4 Å². The summed E-state index contributed by atoms with van der Waals surface area (Å²) < 4.78 is 5.24. The number of hydrogen-bond acceptors (Lipinski definition) is 2. The molecule has 15 heavy (non-hydrogen) atoms. The molecule has 1 N–H and O–H groups in total. The number of rotatable bonds is 2. The van der Waals surface area contributed by atoms with E-state index in [4.69, 9.17) is 4.42 Å². The molecule has 1 heterocycles. The Bertz CT molecular complexity index is 486. The fraction of sp³-hybridized carbons (Fsp3) is 0.231. The summed E-state index contributed by atoms with van der Waals surface area (Å²) in [6, 6.07) is 7.85. The second-order valence-electron chi connectivity index (χ2n) is 4.20. The molecule has 1 aromatic heterocycles. The van der Waals surface area contributed by atoms with Gasteiger partial charge in [0, 0.05) is 5.39 Å². The van der Waals surface area contributed by atoms with Gasteiger partial charge in [0.1, 0.15) is 5.58 Å². The lowest BCUT2D eigenvalue weighted by Gasteiger charge is -2.09. The fourth-order valence-corrected chi connectivity index (χ4v) is 1.39. The lowest BCUT2D eigenvalue weighted by atomic mass is 10.1. The second kappa shape index (κ2) is 3.55. The Hall–Kier alpha value is -1.54. The number of hydrogen-bond donors (Lipinski definition) is 1. The van der Waals surface area contributed by atoms with E-state index in [9.17, 15) is 5.11 Å². The minimum Gasteiger partial charge on any atom is -0.464 e. The molecule has 2 rings (SSSR count). The van der Waals surface area contributed by atoms with Gasteiger partial charge < -0.3 is 9.52 Å². The number of fused-ring (bicyclic) bond motifs is 1. The highest BCUT2D eigenvalue weighted by molar-refractivity contribution is 5.79. The van der Waals surface area contributed by atoms with Gasteiger partial charge in [0.15, 0.2) is 0 Å². The lowest BCUT2D eigenvalue weighted by Crippen LogP contribution is -2.13. The van der Waals surface area contributed by atoms with Crippen LogP contribution in [0, 0.1) is 0 Å². The smallest absolute Gasteiger partial charge is 0.133 e. The van der Waals surface area contributed by atoms with Crippen molar-refractivity contribution in [3.8, 4) is 0 Å². The molecule has 0 spiro atoms. The molecule has 0 amide bonds. The molecule has 0 fully saturated rings. The van der Waals surface area contributed by atoms with E-state index < -0.39 is 5.60 Å². The van der Waals surface area contributed by atoms with E-state index in [0.717, 1.165) is 16.5 Å². The Balaban J connectivity index is 2.33. The first-order valence-corrected chi connectivity index (χ1v) is 4.93. The van der Waals surface area contributed by atoms with Gasteiger partial charge in [-0.25, -0.2) is 0 Å². The van der Waals surface area contributed by atoms with Crippen LogP contribution in [0.2, 0.25) is 0 Å². The van der Waals surface area contributed by atoms with Crippen molar-refractivity contribution in [2.75, 3.05) is 0 Å². The molecule has 1 aromatic carbocycles. The molecule has 2 heteroatoms. The van der Waals surface area contributed by atoms with E-state index in [0.29, 0.717) is 0 Å². The van der Waals surface area contributed by atoms with Crippen LogP contribution in [0.15, 0.2) is 41.0 Å². The highest BCUT2D eigenvalue weighted by Gasteiger charge is 2.05. The van der Waals surface area contributed by atoms with E-state index in [1.807, 2.05) is 30.3 Å². The first-order chi connectivity index (χ1) is 7.04. The predicted molar refractivity (Wildman–Crippen MR) is 61.5 cm³/mol. The Morgan fingerprint density at radius 1 is 1.27 bits per heavy atom. The molecule has 0 aliphatic rings. The van der Waals surface area contributed by atoms with Gasteiger partial charge in [0.05, 0.1) is 11.9 Å². The molecule has 0 unspecified atom stereocenters. The molecule has 0 aliphatic heterocycles. The Morgan fingerprint density at radius 3 is 2.80 bits per heavy atom. The molecule has 0 saturated heterocycles. The third-order valence-corrected chi connectivity index (χ3v) is 2.16. The average Bonchev–Trinajstić information content (AvgIpc) is 2.60. The summed E-state index contributed by atoms with van der Waals surface area (Å²) in [6.07, 6.45) is 5.36. The van der Waals surface area contributed by atoms with Crippen molar-refractivity contribution in [2.24, 2.45) is 0 Å². The lowest BCUT2D eigenvalue weighted by molar-refractivity contribution is 0.134. The fourth-order valence-electron chi connectivity index (χ4n) is 1.39. The zero-order valence-corrected chi connectivity index (χ0v) is 8.90. The van der Waals surface area contributed by atoms with Crippen LogP contribution in [-0.2, 0) is 0 Å². The average molecular weight is 202 g/mol. The van der Waals surface area contributed by atoms with Crippen molar-refractivity contribution >= 4 is 17.0 Å². The first kappa shape index (κ1) is 9.99. The minimum absolute atomic E-state index is 0.772. The van der Waals surface area contributed by atoms with Crippen molar-refractivity contribution in [1.82, 2.24) is 0 Å². The number of furan rings is 1. The van der Waals surface area contributed by atoms with Crippen LogP contribution >= 0.6 is 0 Å². The summed E-state index contributed by atoms with van der Waals surface area (Å²) in [5, 5.41) is 10.6. The first-order valence-electron chi connectivity index (χ1n) is 4.93. The van der Waals surface area contributed by atoms with E-state index >= 15 is 0 Å². The van der Waals surface area contributed by atoms with E-state index in [-0.39, 0.29) is 0 Å². The summed E-state index contributed by atoms with van der Waals surface area (Å²) in [5.41, 5.74) is 1.17. The third kappa shape index (κ3) is 2.48. The maximum absolute atomic E-state index is 9.55. The van der Waals surface area contributed by atoms with E-state index in [1.165, 1.54) is 0 Å². The summed E-state index contributed by atoms with van der Waals surface area (Å²) in [5.74, 6) is 0. The van der Waals surface area contributed by atoms with E-state index in [1.54, 1.807) is 26.2 Å². The van der Waals surface area contributed by atoms with Crippen LogP contribution in [0.4, 0.5) is 0 Å². The van der Waals surface area contributed by atoms with Crippen LogP contribution in [0.25, 0.3) is 17.0 Å². The molecule has 78 valence electrons. The molecule has 0 radical (unpaired) electrons. The molecule has 0 saturated carbocycles. The SMILES string of the molecule is CC(C)(O)/C=C/c1ccc2occc2c1. The van der Waals surface area contributed by atoms with Crippen molar-refractivity contribution in [1.29, 1.82) is 0 Å². The molecule has 2 aromatic rings. The molecule has 0 bridgehead atoms. The Labute approximate surface area is 88.8 Å². The largest absolute Gasteiger partial charge is 0.464 e. The van der Waals surface area contributed by atoms with E-state index in [2.05, 4.69) is 0 Å². The Kier molecular flexibility index (Phi) is 2.37. The zero-order valence-electron chi connectivity index (χ0n) is 8.90. The van der Waals surface area contributed by atoms with Crippen LogP contribution in [0.3, 0.4) is 0 Å². The molecule has 0 aliphatic carbocycles. The highest BCUT2D eigenvalue weighted by Crippen LogP contribution is 2.18. The maximum Gasteiger partial charge on any atom is 0.133 e. The molecular formula is C13H14O2. The quantitative estimate of drug-likeness (QED) is 0.811. The molecule has 2 nitrogen and oxygen atoms in total. The van der Waals surface area contributed by atoms with Crippen molar-refractivity contribution < 1.29 is 9.52 Å². The summed E-state index contributed by atoms with van der Waals surface area (Å²) in [6.45, 7) is 3.50. The molecule has 0 atom stereocenters. The normalized spacial score (nSPS) is 12.7. The third-order valence-electron chi connectivity index (χ3n) is 2.16. The van der Waals surface area contributed by atoms with Crippen LogP contribution < -0.4 is 0 Å². The second-order valence-corrected chi connectivity index (χ2v) is 4.20. The van der Waals surface area contributed by atoms with Crippen molar-refractivity contribution in [3.05, 3.63) is 42.2 Å². The van der Waals surface area contributed by atoms with Crippen molar-refractivity contribution in [3.63, 3.8) is 0 Å². The van der Waals surface area contributed by atoms with Gasteiger partial charge >= 0.3 is 0 Å². The highest BCUT2D eigenvalue weighted by atomic mass is 16.3. The maximum atomic E-state index is 9.55. The summed E-state index contributed by atoms with van der Waals surface area (Å²) in [7, 11) is 0. The monoisotopic (exact) mass is 202 g/mol. The van der Waals surface area contributed by atoms with Gasteiger partial charge in [-0.2, -0.15) is 0 Å². The van der Waals surface area contributed by atoms with Crippen LogP contribution in [-0.4, -0.2) is 10.7 Å². The summed E-state index contributed by atoms with van der Waals surface area (Å²) in [4.78, 5) is 0. The van der Waals surface area contributed by atoms with Crippen LogP contribution in [0.5, 0.6) is 0 Å². The van der Waals surface area contributed by atoms with Gasteiger partial charge in [-0.15, -0.1) is 0 Å². The summed E-state index contributed by atoms with van der Waals surface area (Å²) >= 11 is 0. The van der Waals surface area contributed by atoms with Gasteiger partial charge in [-0.3, -0.25) is 0 Å². The topological polar surface area (TPSA) is 33.4 Å². The van der Waals surface area contributed by atoms with Crippen molar-refractivity contribution in [2.45, 2.75) is 19.4 Å². The predicted octanol–water partition coefficient (Wildman–Crippen LogP) is 3.22. The number of aliphatic hydroxyl groups is 1. The number of benzene rings is 1. The van der Waals surface area contributed by atoms with Gasteiger partial charge in [-0.05, 0) is 37.6 Å². The van der Waals surface area contributed by atoms with Gasteiger partial charge in [0.25, 0.3) is 0 Å². The molecular weight excluding hydrogens is 188 g/mol. The zero-order chi connectivity index (χ0) is 10.9. The van der Waals surface area contributed by atoms with Gasteiger partial charge in [-0.1, -0.05) is 18.2 Å². The standard InChI is InChI=1S/C13H14O2/c1-13(2,14)7-5-10-3-4-12-11(9-10)6-8-15-12/h3-9,14H,1-2H3/b7-5+. The minimum atomic E-state index is -0.772. The van der Waals surface area contributed by atoms with Gasteiger partial charge in [0.2, 0.25) is 0 Å².